The summed E-state index contributed by atoms with van der Waals surface area (Å²) in [4.78, 5) is 20.1. The molecule has 2 aromatic heterocycles. The number of hydrogen-bond acceptors (Lipinski definition) is 4. The highest BCUT2D eigenvalue weighted by Gasteiger charge is 2.17. The Morgan fingerprint density at radius 2 is 2.06 bits per heavy atom. The quantitative estimate of drug-likeness (QED) is 0.680. The summed E-state index contributed by atoms with van der Waals surface area (Å²) in [7, 11) is 0. The molecule has 2 aromatic rings. The summed E-state index contributed by atoms with van der Waals surface area (Å²) in [6.45, 7) is 1.34. The molecule has 3 heterocycles. The maximum absolute atomic E-state index is 11.7. The van der Waals surface area contributed by atoms with Crippen LogP contribution in [0.5, 0.6) is 0 Å². The van der Waals surface area contributed by atoms with E-state index in [0.717, 1.165) is 11.1 Å². The Labute approximate surface area is 91.9 Å². The second-order valence-electron chi connectivity index (χ2n) is 3.60. The summed E-state index contributed by atoms with van der Waals surface area (Å²) in [5, 5.41) is 6.92. The molecule has 2 N–H and O–H groups in total. The number of anilines is 1. The minimum Gasteiger partial charge on any atom is -0.382 e. The molecule has 0 saturated heterocycles. The Hall–Kier alpha value is -2.17. The third-order valence-electron chi connectivity index (χ3n) is 2.60. The highest BCUT2D eigenvalue weighted by atomic mass is 16.1. The van der Waals surface area contributed by atoms with Gasteiger partial charge in [0.25, 0.3) is 5.91 Å². The van der Waals surface area contributed by atoms with Crippen molar-refractivity contribution in [3.63, 3.8) is 0 Å². The number of amides is 1. The van der Waals surface area contributed by atoms with Crippen molar-refractivity contribution in [2.24, 2.45) is 0 Å². The molecular weight excluding hydrogens is 204 g/mol. The maximum Gasteiger partial charge on any atom is 0.255 e. The molecular formula is C11H10N4O. The van der Waals surface area contributed by atoms with Crippen LogP contribution < -0.4 is 10.6 Å². The van der Waals surface area contributed by atoms with Gasteiger partial charge < -0.3 is 10.6 Å². The van der Waals surface area contributed by atoms with Gasteiger partial charge in [0.2, 0.25) is 0 Å². The zero-order valence-corrected chi connectivity index (χ0v) is 8.53. The molecule has 0 aromatic carbocycles. The zero-order chi connectivity index (χ0) is 11.0. The Balaban J connectivity index is 2.32. The Morgan fingerprint density at radius 1 is 1.19 bits per heavy atom. The molecule has 0 aliphatic carbocycles. The minimum absolute atomic E-state index is 0.0850. The van der Waals surface area contributed by atoms with Crippen molar-refractivity contribution >= 4 is 22.6 Å². The van der Waals surface area contributed by atoms with E-state index in [0.29, 0.717) is 24.3 Å². The molecule has 0 atom stereocenters. The molecule has 5 heteroatoms. The van der Waals surface area contributed by atoms with Crippen LogP contribution in [0.4, 0.5) is 5.69 Å². The molecule has 0 saturated carbocycles. The summed E-state index contributed by atoms with van der Waals surface area (Å²) >= 11 is 0. The number of nitrogens with one attached hydrogen (secondary N) is 2. The fourth-order valence-electron chi connectivity index (χ4n) is 1.85. The lowest BCUT2D eigenvalue weighted by Gasteiger charge is -2.08. The SMILES string of the molecule is O=C1NCCNc2c1cnc1ncccc21. The first kappa shape index (κ1) is 9.08. The van der Waals surface area contributed by atoms with E-state index in [9.17, 15) is 4.79 Å². The average molecular weight is 214 g/mol. The Morgan fingerprint density at radius 3 is 3.00 bits per heavy atom. The summed E-state index contributed by atoms with van der Waals surface area (Å²) in [6, 6.07) is 3.76. The normalized spacial score (nSPS) is 14.9. The van der Waals surface area contributed by atoms with Gasteiger partial charge >= 0.3 is 0 Å². The lowest BCUT2D eigenvalue weighted by molar-refractivity contribution is 0.0958. The van der Waals surface area contributed by atoms with Gasteiger partial charge in [0.05, 0.1) is 11.3 Å². The highest BCUT2D eigenvalue weighted by molar-refractivity contribution is 6.06. The van der Waals surface area contributed by atoms with Gasteiger partial charge in [0.15, 0.2) is 5.65 Å². The first-order valence-corrected chi connectivity index (χ1v) is 5.12. The van der Waals surface area contributed by atoms with Crippen LogP contribution in [-0.2, 0) is 0 Å². The molecule has 1 amide bonds. The largest absolute Gasteiger partial charge is 0.382 e. The molecule has 1 aliphatic heterocycles. The predicted molar refractivity (Wildman–Crippen MR) is 60.4 cm³/mol. The number of fused-ring (bicyclic) bond motifs is 3. The molecule has 16 heavy (non-hydrogen) atoms. The predicted octanol–water partition coefficient (Wildman–Crippen LogP) is 0.785. The molecule has 0 spiro atoms. The fourth-order valence-corrected chi connectivity index (χ4v) is 1.85. The maximum atomic E-state index is 11.7. The van der Waals surface area contributed by atoms with Crippen molar-refractivity contribution in [1.82, 2.24) is 15.3 Å². The molecule has 0 radical (unpaired) electrons. The van der Waals surface area contributed by atoms with Crippen molar-refractivity contribution < 1.29 is 4.79 Å². The summed E-state index contributed by atoms with van der Waals surface area (Å²) in [5.74, 6) is -0.0850. The second-order valence-corrected chi connectivity index (χ2v) is 3.60. The first-order valence-electron chi connectivity index (χ1n) is 5.12. The third kappa shape index (κ3) is 1.29. The van der Waals surface area contributed by atoms with Crippen LogP contribution in [-0.4, -0.2) is 29.0 Å². The molecule has 5 nitrogen and oxygen atoms in total. The number of pyridine rings is 2. The number of rotatable bonds is 0. The van der Waals surface area contributed by atoms with Crippen molar-refractivity contribution in [2.45, 2.75) is 0 Å². The smallest absolute Gasteiger partial charge is 0.255 e. The van der Waals surface area contributed by atoms with E-state index < -0.39 is 0 Å². The Kier molecular flexibility index (Phi) is 1.96. The minimum atomic E-state index is -0.0850. The molecule has 3 rings (SSSR count). The molecule has 0 fully saturated rings. The van der Waals surface area contributed by atoms with E-state index in [1.807, 2.05) is 12.1 Å². The summed E-state index contributed by atoms with van der Waals surface area (Å²) < 4.78 is 0. The first-order chi connectivity index (χ1) is 7.86. The summed E-state index contributed by atoms with van der Waals surface area (Å²) in [5.41, 5.74) is 2.06. The monoisotopic (exact) mass is 214 g/mol. The van der Waals surface area contributed by atoms with Crippen LogP contribution >= 0.6 is 0 Å². The van der Waals surface area contributed by atoms with E-state index >= 15 is 0 Å². The van der Waals surface area contributed by atoms with Crippen LogP contribution in [0.1, 0.15) is 10.4 Å². The van der Waals surface area contributed by atoms with Crippen LogP contribution in [0.2, 0.25) is 0 Å². The van der Waals surface area contributed by atoms with E-state index in [2.05, 4.69) is 20.6 Å². The van der Waals surface area contributed by atoms with Gasteiger partial charge in [-0.2, -0.15) is 0 Å². The van der Waals surface area contributed by atoms with E-state index in [4.69, 9.17) is 0 Å². The standard InChI is InChI=1S/C11H10N4O/c16-11-8-6-15-10-7(2-1-3-13-10)9(8)12-4-5-14-11/h1-3,6,12H,4-5H2,(H,14,16). The lowest BCUT2D eigenvalue weighted by atomic mass is 10.1. The van der Waals surface area contributed by atoms with Crippen molar-refractivity contribution in [3.05, 3.63) is 30.1 Å². The highest BCUT2D eigenvalue weighted by Crippen LogP contribution is 2.25. The molecule has 1 aliphatic rings. The van der Waals surface area contributed by atoms with E-state index in [1.54, 1.807) is 12.4 Å². The van der Waals surface area contributed by atoms with Gasteiger partial charge in [-0.05, 0) is 12.1 Å². The number of nitrogens with zero attached hydrogens (tertiary/aromatic N) is 2. The van der Waals surface area contributed by atoms with E-state index in [-0.39, 0.29) is 5.91 Å². The number of carbonyl (C=O) groups is 1. The van der Waals surface area contributed by atoms with Gasteiger partial charge in [0, 0.05) is 30.9 Å². The zero-order valence-electron chi connectivity index (χ0n) is 8.53. The average Bonchev–Trinajstić information content (AvgIpc) is 2.52. The molecule has 80 valence electrons. The van der Waals surface area contributed by atoms with Gasteiger partial charge in [-0.25, -0.2) is 9.97 Å². The molecule has 0 bridgehead atoms. The van der Waals surface area contributed by atoms with Gasteiger partial charge in [-0.1, -0.05) is 0 Å². The van der Waals surface area contributed by atoms with Crippen LogP contribution in [0.15, 0.2) is 24.5 Å². The number of aromatic nitrogens is 2. The topological polar surface area (TPSA) is 66.9 Å². The third-order valence-corrected chi connectivity index (χ3v) is 2.60. The fraction of sp³-hybridized carbons (Fsp3) is 0.182. The van der Waals surface area contributed by atoms with Crippen LogP contribution in [0.25, 0.3) is 11.0 Å². The molecule has 0 unspecified atom stereocenters. The van der Waals surface area contributed by atoms with Crippen LogP contribution in [0.3, 0.4) is 0 Å². The van der Waals surface area contributed by atoms with Gasteiger partial charge in [-0.3, -0.25) is 4.79 Å². The van der Waals surface area contributed by atoms with E-state index in [1.165, 1.54) is 0 Å². The summed E-state index contributed by atoms with van der Waals surface area (Å²) in [6.07, 6.45) is 3.26. The lowest BCUT2D eigenvalue weighted by Crippen LogP contribution is -2.24. The van der Waals surface area contributed by atoms with Crippen LogP contribution in [0, 0.1) is 0 Å². The number of carbonyl (C=O) groups excluding carboxylic acids is 1. The van der Waals surface area contributed by atoms with Crippen molar-refractivity contribution in [2.75, 3.05) is 18.4 Å². The van der Waals surface area contributed by atoms with Gasteiger partial charge in [0.1, 0.15) is 0 Å². The van der Waals surface area contributed by atoms with Gasteiger partial charge in [-0.15, -0.1) is 0 Å². The second kappa shape index (κ2) is 3.44. The van der Waals surface area contributed by atoms with Crippen molar-refractivity contribution in [3.8, 4) is 0 Å². The van der Waals surface area contributed by atoms with Crippen molar-refractivity contribution in [1.29, 1.82) is 0 Å². The number of hydrogen-bond donors (Lipinski definition) is 2. The Bertz CT molecular complexity index is 567.